The molecule has 0 bridgehead atoms. The van der Waals surface area contributed by atoms with Crippen LogP contribution in [-0.4, -0.2) is 35.0 Å². The van der Waals surface area contributed by atoms with Gasteiger partial charge in [-0.2, -0.15) is 13.2 Å². The van der Waals surface area contributed by atoms with E-state index in [-0.39, 0.29) is 30.7 Å². The quantitative estimate of drug-likeness (QED) is 0.892. The monoisotopic (exact) mass is 357 g/mol. The summed E-state index contributed by atoms with van der Waals surface area (Å²) in [7, 11) is 0. The van der Waals surface area contributed by atoms with Crippen LogP contribution in [0.3, 0.4) is 0 Å². The molecule has 1 fully saturated rings. The molecule has 1 aromatic carbocycles. The van der Waals surface area contributed by atoms with E-state index in [1.807, 2.05) is 6.92 Å². The number of carboxylic acids is 1. The van der Waals surface area contributed by atoms with Gasteiger partial charge in [0.15, 0.2) is 0 Å². The lowest BCUT2D eigenvalue weighted by Crippen LogP contribution is -2.45. The maximum Gasteiger partial charge on any atom is 0.416 e. The van der Waals surface area contributed by atoms with Crippen LogP contribution in [0.25, 0.3) is 0 Å². The number of piperidine rings is 1. The number of carboxylic acid groups (broad SMARTS) is 1. The molecule has 1 amide bonds. The van der Waals surface area contributed by atoms with Gasteiger partial charge in [0.25, 0.3) is 0 Å². The van der Waals surface area contributed by atoms with Gasteiger partial charge in [0.2, 0.25) is 5.91 Å². The van der Waals surface area contributed by atoms with Crippen molar-refractivity contribution < 1.29 is 27.9 Å². The van der Waals surface area contributed by atoms with Crippen molar-refractivity contribution in [1.29, 1.82) is 0 Å². The van der Waals surface area contributed by atoms with Crippen LogP contribution in [0.15, 0.2) is 24.3 Å². The summed E-state index contributed by atoms with van der Waals surface area (Å²) in [6.07, 6.45) is -3.69. The molecule has 1 N–H and O–H groups in total. The molecule has 2 rings (SSSR count). The van der Waals surface area contributed by atoms with Gasteiger partial charge in [0, 0.05) is 19.5 Å². The van der Waals surface area contributed by atoms with Gasteiger partial charge in [-0.3, -0.25) is 9.59 Å². The third-order valence-corrected chi connectivity index (χ3v) is 4.65. The molecule has 0 spiro atoms. The Labute approximate surface area is 144 Å². The predicted molar refractivity (Wildman–Crippen MR) is 86.0 cm³/mol. The first-order chi connectivity index (χ1) is 11.6. The first-order valence-corrected chi connectivity index (χ1v) is 8.25. The molecule has 1 aliphatic heterocycles. The second-order valence-electron chi connectivity index (χ2n) is 6.90. The molecule has 0 radical (unpaired) electrons. The number of halogens is 3. The van der Waals surface area contributed by atoms with Gasteiger partial charge >= 0.3 is 12.1 Å². The molecule has 1 aliphatic rings. The number of rotatable bonds is 4. The number of hydrogen-bond donors (Lipinski definition) is 1. The first-order valence-electron chi connectivity index (χ1n) is 8.25. The largest absolute Gasteiger partial charge is 0.481 e. The number of aliphatic carboxylic acids is 1. The summed E-state index contributed by atoms with van der Waals surface area (Å²) in [4.78, 5) is 25.2. The van der Waals surface area contributed by atoms with E-state index in [2.05, 4.69) is 0 Å². The van der Waals surface area contributed by atoms with Gasteiger partial charge in [-0.05, 0) is 36.0 Å². The van der Waals surface area contributed by atoms with E-state index in [9.17, 15) is 27.9 Å². The normalized spacial score (nSPS) is 22.5. The summed E-state index contributed by atoms with van der Waals surface area (Å²) in [6.45, 7) is 4.40. The Balaban J connectivity index is 2.00. The highest BCUT2D eigenvalue weighted by Crippen LogP contribution is 2.31. The third-order valence-electron chi connectivity index (χ3n) is 4.65. The van der Waals surface area contributed by atoms with E-state index in [4.69, 9.17) is 0 Å². The molecule has 0 saturated carbocycles. The highest BCUT2D eigenvalue weighted by atomic mass is 19.4. The Bertz CT molecular complexity index is 627. The number of carbonyl (C=O) groups is 2. The maximum absolute atomic E-state index is 12.6. The van der Waals surface area contributed by atoms with E-state index in [0.29, 0.717) is 18.5 Å². The molecular formula is C18H22F3NO3. The highest BCUT2D eigenvalue weighted by molar-refractivity contribution is 5.78. The Kier molecular flexibility index (Phi) is 5.75. The van der Waals surface area contributed by atoms with E-state index in [0.717, 1.165) is 12.1 Å². The van der Waals surface area contributed by atoms with Crippen LogP contribution in [0.4, 0.5) is 13.2 Å². The average Bonchev–Trinajstić information content (AvgIpc) is 2.53. The molecule has 1 saturated heterocycles. The van der Waals surface area contributed by atoms with E-state index >= 15 is 0 Å². The molecule has 4 nitrogen and oxygen atoms in total. The van der Waals surface area contributed by atoms with Crippen LogP contribution in [0.5, 0.6) is 0 Å². The number of nitrogens with zero attached hydrogens (tertiary/aromatic N) is 1. The number of alkyl halides is 3. The van der Waals surface area contributed by atoms with E-state index in [1.54, 1.807) is 11.8 Å². The standard InChI is InChI=1S/C18H22F3NO3/c1-11-7-14(17(24)25)10-22(9-11)16(23)8-12(2)13-3-5-15(6-4-13)18(19,20)21/h3-6,11-12,14H,7-10H2,1-2H3,(H,24,25). The number of carbonyl (C=O) groups excluding carboxylic acids is 1. The Hall–Kier alpha value is -2.05. The van der Waals surface area contributed by atoms with Gasteiger partial charge < -0.3 is 10.0 Å². The topological polar surface area (TPSA) is 57.6 Å². The lowest BCUT2D eigenvalue weighted by molar-refractivity contribution is -0.147. The Morgan fingerprint density at radius 1 is 1.24 bits per heavy atom. The summed E-state index contributed by atoms with van der Waals surface area (Å²) < 4.78 is 37.8. The average molecular weight is 357 g/mol. The number of benzene rings is 1. The van der Waals surface area contributed by atoms with Crippen molar-refractivity contribution in [2.24, 2.45) is 11.8 Å². The lowest BCUT2D eigenvalue weighted by Gasteiger charge is -2.35. The molecule has 0 aliphatic carbocycles. The van der Waals surface area contributed by atoms with E-state index < -0.39 is 23.6 Å². The van der Waals surface area contributed by atoms with Crippen LogP contribution < -0.4 is 0 Å². The summed E-state index contributed by atoms with van der Waals surface area (Å²) in [5, 5.41) is 9.18. The molecule has 25 heavy (non-hydrogen) atoms. The van der Waals surface area contributed by atoms with Crippen LogP contribution >= 0.6 is 0 Å². The van der Waals surface area contributed by atoms with Crippen LogP contribution in [0, 0.1) is 11.8 Å². The minimum absolute atomic E-state index is 0.111. The number of likely N-dealkylation sites (tertiary alicyclic amines) is 1. The Morgan fingerprint density at radius 2 is 1.84 bits per heavy atom. The van der Waals surface area contributed by atoms with Crippen molar-refractivity contribution in [1.82, 2.24) is 4.90 Å². The van der Waals surface area contributed by atoms with Crippen LogP contribution in [0.2, 0.25) is 0 Å². The molecule has 0 aromatic heterocycles. The zero-order valence-electron chi connectivity index (χ0n) is 14.2. The fourth-order valence-corrected chi connectivity index (χ4v) is 3.24. The minimum Gasteiger partial charge on any atom is -0.481 e. The SMILES string of the molecule is CC1CC(C(=O)O)CN(C(=O)CC(C)c2ccc(C(F)(F)F)cc2)C1. The van der Waals surface area contributed by atoms with Crippen molar-refractivity contribution >= 4 is 11.9 Å². The van der Waals surface area contributed by atoms with Crippen LogP contribution in [-0.2, 0) is 15.8 Å². The summed E-state index contributed by atoms with van der Waals surface area (Å²) >= 11 is 0. The third kappa shape index (κ3) is 4.96. The van der Waals surface area contributed by atoms with Crippen molar-refractivity contribution in [2.45, 2.75) is 38.8 Å². The fourth-order valence-electron chi connectivity index (χ4n) is 3.24. The smallest absolute Gasteiger partial charge is 0.416 e. The lowest BCUT2D eigenvalue weighted by atomic mass is 9.89. The van der Waals surface area contributed by atoms with Crippen molar-refractivity contribution in [3.05, 3.63) is 35.4 Å². The molecule has 138 valence electrons. The van der Waals surface area contributed by atoms with Crippen molar-refractivity contribution in [3.63, 3.8) is 0 Å². The first kappa shape index (κ1) is 19.3. The molecule has 1 aromatic rings. The predicted octanol–water partition coefficient (Wildman–Crippen LogP) is 3.77. The van der Waals surface area contributed by atoms with Gasteiger partial charge in [-0.15, -0.1) is 0 Å². The molecule has 7 heteroatoms. The highest BCUT2D eigenvalue weighted by Gasteiger charge is 2.33. The van der Waals surface area contributed by atoms with Crippen LogP contribution in [0.1, 0.15) is 43.7 Å². The number of hydrogen-bond acceptors (Lipinski definition) is 2. The molecule has 3 unspecified atom stereocenters. The maximum atomic E-state index is 12.6. The van der Waals surface area contributed by atoms with Gasteiger partial charge in [0.05, 0.1) is 11.5 Å². The summed E-state index contributed by atoms with van der Waals surface area (Å²) in [6, 6.07) is 4.80. The molecule has 1 heterocycles. The molecular weight excluding hydrogens is 335 g/mol. The summed E-state index contributed by atoms with van der Waals surface area (Å²) in [5.74, 6) is -1.75. The number of amides is 1. The van der Waals surface area contributed by atoms with E-state index in [1.165, 1.54) is 12.1 Å². The zero-order chi connectivity index (χ0) is 18.8. The van der Waals surface area contributed by atoms with Gasteiger partial charge in [0.1, 0.15) is 0 Å². The second kappa shape index (κ2) is 7.45. The van der Waals surface area contributed by atoms with Crippen molar-refractivity contribution in [2.75, 3.05) is 13.1 Å². The Morgan fingerprint density at radius 3 is 2.36 bits per heavy atom. The zero-order valence-corrected chi connectivity index (χ0v) is 14.2. The fraction of sp³-hybridized carbons (Fsp3) is 0.556. The van der Waals surface area contributed by atoms with Crippen molar-refractivity contribution in [3.8, 4) is 0 Å². The minimum atomic E-state index is -4.38. The summed E-state index contributed by atoms with van der Waals surface area (Å²) in [5.41, 5.74) is -0.0647. The second-order valence-corrected chi connectivity index (χ2v) is 6.90. The van der Waals surface area contributed by atoms with Gasteiger partial charge in [-0.1, -0.05) is 26.0 Å². The van der Waals surface area contributed by atoms with Gasteiger partial charge in [-0.25, -0.2) is 0 Å². The molecule has 3 atom stereocenters.